The largest absolute Gasteiger partial charge is 0.485 e. The van der Waals surface area contributed by atoms with Crippen molar-refractivity contribution in [2.45, 2.75) is 26.6 Å². The van der Waals surface area contributed by atoms with Gasteiger partial charge in [-0.15, -0.1) is 0 Å². The Morgan fingerprint density at radius 1 is 1.32 bits per heavy atom. The highest BCUT2D eigenvalue weighted by molar-refractivity contribution is 5.92. The quantitative estimate of drug-likeness (QED) is 0.790. The van der Waals surface area contributed by atoms with Crippen molar-refractivity contribution in [3.8, 4) is 5.75 Å². The third-order valence-corrected chi connectivity index (χ3v) is 2.71. The first-order chi connectivity index (χ1) is 10.5. The Kier molecular flexibility index (Phi) is 4.72. The first-order valence-corrected chi connectivity index (χ1v) is 6.48. The zero-order valence-electron chi connectivity index (χ0n) is 12.1. The third kappa shape index (κ3) is 4.05. The second-order valence-corrected chi connectivity index (χ2v) is 4.49. The Balaban J connectivity index is 1.92. The lowest BCUT2D eigenvalue weighted by atomic mass is 10.2. The van der Waals surface area contributed by atoms with Crippen molar-refractivity contribution in [3.05, 3.63) is 41.5 Å². The number of esters is 1. The molecule has 1 atom stereocenters. The molecule has 0 aliphatic rings. The van der Waals surface area contributed by atoms with Crippen molar-refractivity contribution in [2.24, 2.45) is 5.73 Å². The van der Waals surface area contributed by atoms with Gasteiger partial charge in [-0.3, -0.25) is 4.79 Å². The molecular weight excluding hydrogens is 290 g/mol. The number of primary amides is 1. The van der Waals surface area contributed by atoms with E-state index in [2.05, 4.69) is 10.1 Å². The van der Waals surface area contributed by atoms with Gasteiger partial charge in [-0.2, -0.15) is 4.98 Å². The van der Waals surface area contributed by atoms with Crippen molar-refractivity contribution >= 4 is 11.9 Å². The van der Waals surface area contributed by atoms with Crippen molar-refractivity contribution in [1.29, 1.82) is 0 Å². The number of benzene rings is 1. The Hall–Kier alpha value is -2.90. The predicted octanol–water partition coefficient (Wildman–Crippen LogP) is 0.988. The number of ether oxygens (including phenoxy) is 2. The summed E-state index contributed by atoms with van der Waals surface area (Å²) >= 11 is 0. The van der Waals surface area contributed by atoms with E-state index in [0.29, 0.717) is 17.5 Å². The fraction of sp³-hybridized carbons (Fsp3) is 0.286. The molecule has 1 aromatic carbocycles. The van der Waals surface area contributed by atoms with Crippen LogP contribution in [0.2, 0.25) is 0 Å². The maximum atomic E-state index is 11.7. The van der Waals surface area contributed by atoms with Gasteiger partial charge >= 0.3 is 5.97 Å². The summed E-state index contributed by atoms with van der Waals surface area (Å²) in [5.74, 6) is 0.0776. The van der Waals surface area contributed by atoms with Crippen molar-refractivity contribution in [1.82, 2.24) is 10.1 Å². The Bertz CT molecular complexity index is 665. The van der Waals surface area contributed by atoms with E-state index in [1.54, 1.807) is 19.1 Å². The number of nitrogens with two attached hydrogens (primary N) is 1. The minimum Gasteiger partial charge on any atom is -0.485 e. The van der Waals surface area contributed by atoms with Crippen LogP contribution >= 0.6 is 0 Å². The van der Waals surface area contributed by atoms with E-state index >= 15 is 0 Å². The molecule has 2 rings (SSSR count). The highest BCUT2D eigenvalue weighted by Gasteiger charge is 2.16. The number of hydrogen-bond donors (Lipinski definition) is 1. The van der Waals surface area contributed by atoms with Gasteiger partial charge in [-0.25, -0.2) is 4.79 Å². The van der Waals surface area contributed by atoms with Crippen molar-refractivity contribution in [2.75, 3.05) is 0 Å². The van der Waals surface area contributed by atoms with E-state index in [0.717, 1.165) is 0 Å². The molecule has 0 saturated carbocycles. The van der Waals surface area contributed by atoms with Crippen LogP contribution in [0.4, 0.5) is 0 Å². The summed E-state index contributed by atoms with van der Waals surface area (Å²) in [6.45, 7) is 3.24. The highest BCUT2D eigenvalue weighted by Crippen LogP contribution is 2.14. The minimum absolute atomic E-state index is 0.153. The van der Waals surface area contributed by atoms with Crippen LogP contribution in [-0.2, 0) is 16.1 Å². The molecule has 0 bridgehead atoms. The summed E-state index contributed by atoms with van der Waals surface area (Å²) in [7, 11) is 0. The van der Waals surface area contributed by atoms with Gasteiger partial charge in [0.05, 0.1) is 5.56 Å². The highest BCUT2D eigenvalue weighted by atomic mass is 16.5. The van der Waals surface area contributed by atoms with Crippen LogP contribution in [-0.4, -0.2) is 28.1 Å². The molecule has 116 valence electrons. The number of rotatable bonds is 6. The Labute approximate surface area is 126 Å². The molecule has 8 heteroatoms. The van der Waals surface area contributed by atoms with Gasteiger partial charge in [0.15, 0.2) is 12.7 Å². The van der Waals surface area contributed by atoms with Gasteiger partial charge in [0.1, 0.15) is 5.75 Å². The average Bonchev–Trinajstić information content (AvgIpc) is 2.91. The minimum atomic E-state index is -0.982. The predicted molar refractivity (Wildman–Crippen MR) is 73.9 cm³/mol. The molecule has 8 nitrogen and oxygen atoms in total. The number of hydrogen-bond acceptors (Lipinski definition) is 7. The number of aromatic nitrogens is 2. The van der Waals surface area contributed by atoms with Gasteiger partial charge in [-0.1, -0.05) is 5.16 Å². The second kappa shape index (κ2) is 6.70. The third-order valence-electron chi connectivity index (χ3n) is 2.71. The maximum absolute atomic E-state index is 11.7. The van der Waals surface area contributed by atoms with E-state index in [-0.39, 0.29) is 12.2 Å². The maximum Gasteiger partial charge on any atom is 0.338 e. The number of amides is 1. The first-order valence-electron chi connectivity index (χ1n) is 6.48. The molecule has 0 radical (unpaired) electrons. The number of carbonyl (C=O) groups excluding carboxylic acids is 2. The lowest BCUT2D eigenvalue weighted by molar-refractivity contribution is -0.125. The van der Waals surface area contributed by atoms with E-state index in [1.807, 2.05) is 0 Å². The van der Waals surface area contributed by atoms with Crippen LogP contribution in [0.1, 0.15) is 29.0 Å². The smallest absolute Gasteiger partial charge is 0.338 e. The summed E-state index contributed by atoms with van der Waals surface area (Å²) in [5, 5.41) is 3.70. The second-order valence-electron chi connectivity index (χ2n) is 4.49. The van der Waals surface area contributed by atoms with Crippen LogP contribution in [0.3, 0.4) is 0 Å². The van der Waals surface area contributed by atoms with Crippen LogP contribution in [0.5, 0.6) is 5.75 Å². The van der Waals surface area contributed by atoms with E-state index in [4.69, 9.17) is 19.7 Å². The lowest BCUT2D eigenvalue weighted by Crippen LogP contribution is -2.30. The zero-order chi connectivity index (χ0) is 16.1. The molecular formula is C14H15N3O5. The molecule has 0 spiro atoms. The Morgan fingerprint density at radius 3 is 2.55 bits per heavy atom. The molecule has 2 N–H and O–H groups in total. The molecule has 0 aliphatic heterocycles. The number of carbonyl (C=O) groups is 2. The summed E-state index contributed by atoms with van der Waals surface area (Å²) < 4.78 is 15.2. The van der Waals surface area contributed by atoms with Gasteiger partial charge in [0.2, 0.25) is 11.7 Å². The number of aryl methyl sites for hydroxylation is 1. The van der Waals surface area contributed by atoms with Crippen molar-refractivity contribution in [3.63, 3.8) is 0 Å². The normalized spacial score (nSPS) is 11.7. The molecule has 22 heavy (non-hydrogen) atoms. The fourth-order valence-corrected chi connectivity index (χ4v) is 1.52. The summed E-state index contributed by atoms with van der Waals surface area (Å²) in [6, 6.07) is 6.23. The fourth-order valence-electron chi connectivity index (χ4n) is 1.52. The zero-order valence-corrected chi connectivity index (χ0v) is 12.1. The average molecular weight is 305 g/mol. The van der Waals surface area contributed by atoms with Crippen LogP contribution in [0.15, 0.2) is 28.8 Å². The molecule has 0 fully saturated rings. The molecule has 1 amide bonds. The van der Waals surface area contributed by atoms with Gasteiger partial charge in [0, 0.05) is 6.92 Å². The topological polar surface area (TPSA) is 118 Å². The molecule has 0 saturated heterocycles. The first kappa shape index (κ1) is 15.5. The standard InChI is InChI=1S/C14H15N3O5/c1-8(13(15)18)21-14(19)10-3-5-11(6-4-10)20-7-12-16-9(2)22-17-12/h3-6,8H,7H2,1-2H3,(H2,15,18). The van der Waals surface area contributed by atoms with Crippen molar-refractivity contribution < 1.29 is 23.6 Å². The van der Waals surface area contributed by atoms with Gasteiger partial charge in [0.25, 0.3) is 5.91 Å². The summed E-state index contributed by atoms with van der Waals surface area (Å²) in [6.07, 6.45) is -0.982. The van der Waals surface area contributed by atoms with Crippen LogP contribution < -0.4 is 10.5 Å². The van der Waals surface area contributed by atoms with Crippen LogP contribution in [0.25, 0.3) is 0 Å². The van der Waals surface area contributed by atoms with E-state index in [1.165, 1.54) is 19.1 Å². The molecule has 1 heterocycles. The lowest BCUT2D eigenvalue weighted by Gasteiger charge is -2.10. The summed E-state index contributed by atoms with van der Waals surface area (Å²) in [4.78, 5) is 26.6. The SMILES string of the molecule is Cc1nc(COc2ccc(C(=O)OC(C)C(N)=O)cc2)no1. The van der Waals surface area contributed by atoms with E-state index < -0.39 is 18.0 Å². The van der Waals surface area contributed by atoms with E-state index in [9.17, 15) is 9.59 Å². The summed E-state index contributed by atoms with van der Waals surface area (Å²) in [5.41, 5.74) is 5.32. The molecule has 1 unspecified atom stereocenters. The monoisotopic (exact) mass is 305 g/mol. The van der Waals surface area contributed by atoms with Gasteiger partial charge < -0.3 is 19.7 Å². The molecule has 0 aliphatic carbocycles. The molecule has 1 aromatic heterocycles. The molecule has 2 aromatic rings. The number of nitrogens with zero attached hydrogens (tertiary/aromatic N) is 2. The van der Waals surface area contributed by atoms with Gasteiger partial charge in [-0.05, 0) is 31.2 Å². The van der Waals surface area contributed by atoms with Crippen LogP contribution in [0, 0.1) is 6.92 Å². The Morgan fingerprint density at radius 2 is 2.00 bits per heavy atom.